The number of carbonyl (C=O) groups is 1. The van der Waals surface area contributed by atoms with Crippen LogP contribution in [0.4, 0.5) is 0 Å². The first-order chi connectivity index (χ1) is 6.75. The topological polar surface area (TPSA) is 137 Å². The molecule has 0 bridgehead atoms. The van der Waals surface area contributed by atoms with Gasteiger partial charge in [-0.15, -0.1) is 0 Å². The number of carboxylic acids is 1. The quantitative estimate of drug-likeness (QED) is 0.513. The van der Waals surface area contributed by atoms with E-state index in [1.807, 2.05) is 0 Å². The van der Waals surface area contributed by atoms with Gasteiger partial charge in [0, 0.05) is 12.1 Å². The van der Waals surface area contributed by atoms with E-state index in [4.69, 9.17) is 19.9 Å². The molecule has 1 rings (SSSR count). The molecule has 1 atom stereocenters. The van der Waals surface area contributed by atoms with Crippen LogP contribution in [0.25, 0.3) is 0 Å². The minimum Gasteiger partial charge on any atom is -0.494 e. The number of hydrogen-bond donors (Lipinski definition) is 4. The van der Waals surface area contributed by atoms with Crippen molar-refractivity contribution in [3.05, 3.63) is 12.1 Å². The van der Waals surface area contributed by atoms with Crippen LogP contribution in [0.3, 0.4) is 0 Å². The first kappa shape index (κ1) is 11.3. The van der Waals surface area contributed by atoms with Gasteiger partial charge in [-0.2, -0.15) is 8.42 Å². The Hall–Kier alpha value is -1.74. The van der Waals surface area contributed by atoms with Crippen molar-refractivity contribution in [1.82, 2.24) is 4.57 Å². The van der Waals surface area contributed by atoms with Crippen LogP contribution in [0.5, 0.6) is 11.8 Å². The fourth-order valence-corrected chi connectivity index (χ4v) is 1.78. The number of aliphatic carboxylic acids is 1. The lowest BCUT2D eigenvalue weighted by Crippen LogP contribution is -2.26. The highest BCUT2D eigenvalue weighted by molar-refractivity contribution is 7.86. The smallest absolute Gasteiger partial charge is 0.345 e. The lowest BCUT2D eigenvalue weighted by Gasteiger charge is -2.12. The van der Waals surface area contributed by atoms with Crippen LogP contribution in [-0.2, 0) is 14.9 Å². The predicted octanol–water partition coefficient (Wildman–Crippen LogP) is -0.630. The molecule has 1 aromatic heterocycles. The Bertz CT molecular complexity index is 468. The van der Waals surface area contributed by atoms with E-state index >= 15 is 0 Å². The van der Waals surface area contributed by atoms with E-state index in [1.165, 1.54) is 0 Å². The third-order valence-corrected chi connectivity index (χ3v) is 2.58. The number of nitrogens with zero attached hydrogens (tertiary/aromatic N) is 1. The lowest BCUT2D eigenvalue weighted by atomic mass is 10.6. The Morgan fingerprint density at radius 3 is 1.93 bits per heavy atom. The average Bonchev–Trinajstić information content (AvgIpc) is 2.32. The molecule has 1 heterocycles. The SMILES string of the molecule is O=C(O)C(n1c(O)ccc1O)S(=O)(=O)O. The second-order valence-electron chi connectivity index (χ2n) is 2.63. The number of aromatic hydroxyl groups is 2. The molecule has 0 aliphatic heterocycles. The third-order valence-electron chi connectivity index (χ3n) is 1.60. The molecular formula is C6H7NO7S. The van der Waals surface area contributed by atoms with Crippen molar-refractivity contribution in [2.24, 2.45) is 0 Å². The third kappa shape index (κ3) is 2.02. The van der Waals surface area contributed by atoms with Gasteiger partial charge in [0.25, 0.3) is 15.5 Å². The van der Waals surface area contributed by atoms with Crippen molar-refractivity contribution in [2.75, 3.05) is 0 Å². The van der Waals surface area contributed by atoms with Crippen LogP contribution in [0, 0.1) is 0 Å². The number of carboxylic acid groups (broad SMARTS) is 1. The lowest BCUT2D eigenvalue weighted by molar-refractivity contribution is -0.138. The van der Waals surface area contributed by atoms with Crippen LogP contribution < -0.4 is 0 Å². The van der Waals surface area contributed by atoms with Crippen LogP contribution >= 0.6 is 0 Å². The second-order valence-corrected chi connectivity index (χ2v) is 4.10. The molecule has 0 spiro atoms. The van der Waals surface area contributed by atoms with Gasteiger partial charge < -0.3 is 15.3 Å². The molecule has 0 aliphatic carbocycles. The van der Waals surface area contributed by atoms with Gasteiger partial charge in [-0.3, -0.25) is 9.12 Å². The summed E-state index contributed by atoms with van der Waals surface area (Å²) >= 11 is 0. The number of hydrogen-bond acceptors (Lipinski definition) is 5. The van der Waals surface area contributed by atoms with Crippen molar-refractivity contribution in [2.45, 2.75) is 5.37 Å². The maximum Gasteiger partial charge on any atom is 0.345 e. The fraction of sp³-hybridized carbons (Fsp3) is 0.167. The minimum atomic E-state index is -4.99. The van der Waals surface area contributed by atoms with Gasteiger partial charge in [0.1, 0.15) is 0 Å². The van der Waals surface area contributed by atoms with Crippen molar-refractivity contribution >= 4 is 16.1 Å². The summed E-state index contributed by atoms with van der Waals surface area (Å²) in [5.74, 6) is -3.52. The molecular weight excluding hydrogens is 230 g/mol. The molecule has 0 aromatic carbocycles. The molecule has 8 nitrogen and oxygen atoms in total. The summed E-state index contributed by atoms with van der Waals surface area (Å²) in [5, 5.41) is 24.2. The molecule has 84 valence electrons. The maximum atomic E-state index is 10.7. The molecule has 0 aliphatic rings. The van der Waals surface area contributed by atoms with Crippen LogP contribution in [0.15, 0.2) is 12.1 Å². The second kappa shape index (κ2) is 3.44. The Balaban J connectivity index is 3.42. The highest BCUT2D eigenvalue weighted by atomic mass is 32.2. The molecule has 15 heavy (non-hydrogen) atoms. The van der Waals surface area contributed by atoms with Crippen molar-refractivity contribution in [1.29, 1.82) is 0 Å². The van der Waals surface area contributed by atoms with Crippen molar-refractivity contribution in [3.63, 3.8) is 0 Å². The zero-order valence-corrected chi connectivity index (χ0v) is 7.92. The molecule has 0 amide bonds. The molecule has 4 N–H and O–H groups in total. The maximum absolute atomic E-state index is 10.7. The Morgan fingerprint density at radius 2 is 1.67 bits per heavy atom. The molecule has 1 unspecified atom stereocenters. The first-order valence-corrected chi connectivity index (χ1v) is 5.03. The first-order valence-electron chi connectivity index (χ1n) is 3.53. The van der Waals surface area contributed by atoms with Gasteiger partial charge in [-0.1, -0.05) is 0 Å². The zero-order chi connectivity index (χ0) is 11.8. The Labute approximate surface area is 83.8 Å². The van der Waals surface area contributed by atoms with Crippen LogP contribution in [-0.4, -0.2) is 38.8 Å². The van der Waals surface area contributed by atoms with E-state index in [9.17, 15) is 13.2 Å². The standard InChI is InChI=1S/C6H7NO7S/c8-3-1-2-4(9)7(3)5(6(10)11)15(12,13)14/h1-2,5,8-9H,(H,10,11)(H,12,13,14). The number of rotatable bonds is 3. The fourth-order valence-electron chi connectivity index (χ4n) is 1.04. The predicted molar refractivity (Wildman–Crippen MR) is 46.0 cm³/mol. The molecule has 0 saturated heterocycles. The minimum absolute atomic E-state index is 0.164. The van der Waals surface area contributed by atoms with E-state index in [0.717, 1.165) is 12.1 Å². The number of aromatic nitrogens is 1. The van der Waals surface area contributed by atoms with Gasteiger partial charge in [0.05, 0.1) is 0 Å². The Kier molecular flexibility index (Phi) is 2.60. The van der Waals surface area contributed by atoms with Crippen LogP contribution in [0.2, 0.25) is 0 Å². The highest BCUT2D eigenvalue weighted by Crippen LogP contribution is 2.29. The molecule has 1 aromatic rings. The van der Waals surface area contributed by atoms with Crippen molar-refractivity contribution in [3.8, 4) is 11.8 Å². The summed E-state index contributed by atoms with van der Waals surface area (Å²) in [6.07, 6.45) is 0. The summed E-state index contributed by atoms with van der Waals surface area (Å²) in [5.41, 5.74) is 0. The van der Waals surface area contributed by atoms with Gasteiger partial charge in [0.15, 0.2) is 11.8 Å². The van der Waals surface area contributed by atoms with E-state index in [-0.39, 0.29) is 4.57 Å². The molecule has 9 heteroatoms. The summed E-state index contributed by atoms with van der Waals surface area (Å²) in [6.45, 7) is 0. The highest BCUT2D eigenvalue weighted by Gasteiger charge is 2.36. The Morgan fingerprint density at radius 1 is 1.27 bits per heavy atom. The molecule has 0 radical (unpaired) electrons. The average molecular weight is 237 g/mol. The van der Waals surface area contributed by atoms with Gasteiger partial charge in [-0.05, 0) is 0 Å². The molecule has 0 saturated carbocycles. The van der Waals surface area contributed by atoms with Gasteiger partial charge >= 0.3 is 5.97 Å². The zero-order valence-electron chi connectivity index (χ0n) is 7.10. The largest absolute Gasteiger partial charge is 0.494 e. The van der Waals surface area contributed by atoms with E-state index in [0.29, 0.717) is 0 Å². The van der Waals surface area contributed by atoms with E-state index in [1.54, 1.807) is 0 Å². The van der Waals surface area contributed by atoms with Gasteiger partial charge in [0.2, 0.25) is 0 Å². The normalized spacial score (nSPS) is 13.7. The van der Waals surface area contributed by atoms with E-state index < -0.39 is 33.2 Å². The summed E-state index contributed by atoms with van der Waals surface area (Å²) < 4.78 is 30.2. The monoisotopic (exact) mass is 237 g/mol. The summed E-state index contributed by atoms with van der Waals surface area (Å²) in [4.78, 5) is 10.6. The summed E-state index contributed by atoms with van der Waals surface area (Å²) in [6, 6.07) is 1.77. The van der Waals surface area contributed by atoms with Crippen LogP contribution in [0.1, 0.15) is 5.37 Å². The van der Waals surface area contributed by atoms with Crippen molar-refractivity contribution < 1.29 is 33.1 Å². The molecule has 0 fully saturated rings. The van der Waals surface area contributed by atoms with E-state index in [2.05, 4.69) is 0 Å². The summed E-state index contributed by atoms with van der Waals surface area (Å²) in [7, 11) is -4.99. The van der Waals surface area contributed by atoms with Gasteiger partial charge in [-0.25, -0.2) is 4.79 Å².